The maximum atomic E-state index is 5.59. The summed E-state index contributed by atoms with van der Waals surface area (Å²) >= 11 is 0. The molecule has 0 bridgehead atoms. The van der Waals surface area contributed by atoms with Gasteiger partial charge in [-0.25, -0.2) is 0 Å². The van der Waals surface area contributed by atoms with E-state index in [0.29, 0.717) is 12.6 Å². The van der Waals surface area contributed by atoms with Gasteiger partial charge in [0.15, 0.2) is 0 Å². The predicted molar refractivity (Wildman–Crippen MR) is 79.2 cm³/mol. The van der Waals surface area contributed by atoms with E-state index in [2.05, 4.69) is 19.2 Å². The first-order valence-corrected chi connectivity index (χ1v) is 6.68. The number of hydrogen-bond donors (Lipinski definition) is 1. The Labute approximate surface area is 119 Å². The molecular weight excluding hydrogens is 254 g/mol. The summed E-state index contributed by atoms with van der Waals surface area (Å²) in [5.74, 6) is 2.43. The van der Waals surface area contributed by atoms with Crippen molar-refractivity contribution in [1.82, 2.24) is 5.32 Å². The largest absolute Gasteiger partial charge is 0.496 e. The number of furan rings is 1. The van der Waals surface area contributed by atoms with Gasteiger partial charge in [0.2, 0.25) is 0 Å². The highest BCUT2D eigenvalue weighted by atomic mass is 16.5. The topological polar surface area (TPSA) is 43.6 Å². The van der Waals surface area contributed by atoms with Crippen molar-refractivity contribution in [2.75, 3.05) is 14.2 Å². The van der Waals surface area contributed by atoms with Crippen molar-refractivity contribution in [1.29, 1.82) is 0 Å². The highest BCUT2D eigenvalue weighted by Crippen LogP contribution is 2.40. The molecule has 0 radical (unpaired) electrons. The van der Waals surface area contributed by atoms with E-state index < -0.39 is 0 Å². The second-order valence-corrected chi connectivity index (χ2v) is 4.83. The summed E-state index contributed by atoms with van der Waals surface area (Å²) in [5.41, 5.74) is 1.92. The van der Waals surface area contributed by atoms with Crippen LogP contribution in [-0.2, 0) is 6.54 Å². The molecule has 1 heterocycles. The van der Waals surface area contributed by atoms with E-state index in [4.69, 9.17) is 13.9 Å². The maximum absolute atomic E-state index is 5.59. The molecule has 2 aromatic rings. The van der Waals surface area contributed by atoms with Gasteiger partial charge in [-0.05, 0) is 18.2 Å². The smallest absolute Gasteiger partial charge is 0.130 e. The van der Waals surface area contributed by atoms with Crippen molar-refractivity contribution in [2.45, 2.75) is 26.4 Å². The van der Waals surface area contributed by atoms with Crippen molar-refractivity contribution in [2.24, 2.45) is 0 Å². The van der Waals surface area contributed by atoms with Crippen LogP contribution >= 0.6 is 0 Å². The molecule has 0 saturated heterocycles. The van der Waals surface area contributed by atoms with E-state index in [-0.39, 0.29) is 0 Å². The van der Waals surface area contributed by atoms with Crippen LogP contribution in [0.5, 0.6) is 11.5 Å². The van der Waals surface area contributed by atoms with Gasteiger partial charge >= 0.3 is 0 Å². The van der Waals surface area contributed by atoms with E-state index in [9.17, 15) is 0 Å². The van der Waals surface area contributed by atoms with Crippen molar-refractivity contribution >= 4 is 0 Å². The molecule has 0 aliphatic carbocycles. The van der Waals surface area contributed by atoms with Gasteiger partial charge in [-0.2, -0.15) is 0 Å². The molecule has 0 aliphatic heterocycles. The third kappa shape index (κ3) is 2.96. The molecular formula is C16H21NO3. The molecule has 0 aliphatic rings. The van der Waals surface area contributed by atoms with Crippen molar-refractivity contribution < 1.29 is 13.9 Å². The molecule has 4 heteroatoms. The molecule has 0 spiro atoms. The minimum Gasteiger partial charge on any atom is -0.496 e. The summed E-state index contributed by atoms with van der Waals surface area (Å²) in [5, 5.41) is 3.36. The molecule has 1 N–H and O–H groups in total. The van der Waals surface area contributed by atoms with Crippen LogP contribution in [0.1, 0.15) is 19.6 Å². The van der Waals surface area contributed by atoms with E-state index in [1.54, 1.807) is 20.5 Å². The number of rotatable bonds is 6. The van der Waals surface area contributed by atoms with Gasteiger partial charge in [0.1, 0.15) is 17.3 Å². The van der Waals surface area contributed by atoms with Crippen LogP contribution < -0.4 is 14.8 Å². The van der Waals surface area contributed by atoms with Crippen LogP contribution in [0.2, 0.25) is 0 Å². The first-order chi connectivity index (χ1) is 9.67. The lowest BCUT2D eigenvalue weighted by Crippen LogP contribution is -2.21. The lowest BCUT2D eigenvalue weighted by molar-refractivity contribution is 0.396. The fourth-order valence-electron chi connectivity index (χ4n) is 2.11. The zero-order chi connectivity index (χ0) is 14.5. The Morgan fingerprint density at radius 1 is 1.10 bits per heavy atom. The lowest BCUT2D eigenvalue weighted by Gasteiger charge is -2.14. The summed E-state index contributed by atoms with van der Waals surface area (Å²) in [7, 11) is 3.31. The third-order valence-corrected chi connectivity index (χ3v) is 3.11. The summed E-state index contributed by atoms with van der Waals surface area (Å²) in [6.45, 7) is 4.87. The molecule has 0 amide bonds. The van der Waals surface area contributed by atoms with Gasteiger partial charge in [-0.3, -0.25) is 0 Å². The highest BCUT2D eigenvalue weighted by molar-refractivity contribution is 5.78. The Balaban J connectivity index is 2.43. The van der Waals surface area contributed by atoms with Gasteiger partial charge in [-0.1, -0.05) is 19.9 Å². The average molecular weight is 275 g/mol. The third-order valence-electron chi connectivity index (χ3n) is 3.11. The van der Waals surface area contributed by atoms with Crippen LogP contribution in [0.4, 0.5) is 0 Å². The van der Waals surface area contributed by atoms with E-state index in [1.165, 1.54) is 0 Å². The molecule has 4 nitrogen and oxygen atoms in total. The minimum absolute atomic E-state index is 0.396. The van der Waals surface area contributed by atoms with Crippen LogP contribution in [-0.4, -0.2) is 20.3 Å². The summed E-state index contributed by atoms with van der Waals surface area (Å²) in [6, 6.07) is 8.09. The van der Waals surface area contributed by atoms with Gasteiger partial charge in [0.25, 0.3) is 0 Å². The standard InChI is InChI=1S/C16H21NO3/c1-11(2)17-10-15-12(8-9-20-15)16-13(18-3)6-5-7-14(16)19-4/h5-9,11,17H,10H2,1-4H3. The first-order valence-electron chi connectivity index (χ1n) is 6.68. The fraction of sp³-hybridized carbons (Fsp3) is 0.375. The monoisotopic (exact) mass is 275 g/mol. The molecule has 0 fully saturated rings. The van der Waals surface area contributed by atoms with Crippen molar-refractivity contribution in [3.05, 3.63) is 36.3 Å². The normalized spacial score (nSPS) is 10.8. The quantitative estimate of drug-likeness (QED) is 0.876. The average Bonchev–Trinajstić information content (AvgIpc) is 2.92. The van der Waals surface area contributed by atoms with Crippen LogP contribution in [0.25, 0.3) is 11.1 Å². The Bertz CT molecular complexity index is 538. The Hall–Kier alpha value is -1.94. The number of nitrogens with one attached hydrogen (secondary N) is 1. The second kappa shape index (κ2) is 6.48. The Morgan fingerprint density at radius 2 is 1.75 bits per heavy atom. The van der Waals surface area contributed by atoms with Crippen LogP contribution in [0.3, 0.4) is 0 Å². The highest BCUT2D eigenvalue weighted by Gasteiger charge is 2.17. The van der Waals surface area contributed by atoms with Gasteiger partial charge in [0.05, 0.1) is 32.6 Å². The molecule has 0 atom stereocenters. The number of ether oxygens (including phenoxy) is 2. The summed E-state index contributed by atoms with van der Waals surface area (Å²) in [4.78, 5) is 0. The molecule has 1 aromatic heterocycles. The van der Waals surface area contributed by atoms with Crippen LogP contribution in [0, 0.1) is 0 Å². The fourth-order valence-corrected chi connectivity index (χ4v) is 2.11. The van der Waals surface area contributed by atoms with E-state index in [1.807, 2.05) is 24.3 Å². The van der Waals surface area contributed by atoms with Crippen molar-refractivity contribution in [3.63, 3.8) is 0 Å². The number of benzene rings is 1. The predicted octanol–water partition coefficient (Wildman–Crippen LogP) is 3.46. The molecule has 0 saturated carbocycles. The first kappa shape index (κ1) is 14.5. The summed E-state index contributed by atoms with van der Waals surface area (Å²) in [6.07, 6.45) is 1.69. The van der Waals surface area contributed by atoms with Gasteiger partial charge in [-0.15, -0.1) is 0 Å². The number of hydrogen-bond acceptors (Lipinski definition) is 4. The lowest BCUT2D eigenvalue weighted by atomic mass is 10.0. The maximum Gasteiger partial charge on any atom is 0.130 e. The Kier molecular flexibility index (Phi) is 4.69. The molecule has 20 heavy (non-hydrogen) atoms. The Morgan fingerprint density at radius 3 is 2.30 bits per heavy atom. The van der Waals surface area contributed by atoms with Gasteiger partial charge < -0.3 is 19.2 Å². The molecule has 2 rings (SSSR count). The molecule has 108 valence electrons. The second-order valence-electron chi connectivity index (χ2n) is 4.83. The van der Waals surface area contributed by atoms with E-state index >= 15 is 0 Å². The molecule has 1 aromatic carbocycles. The van der Waals surface area contributed by atoms with Gasteiger partial charge in [0, 0.05) is 11.6 Å². The molecule has 0 unspecified atom stereocenters. The van der Waals surface area contributed by atoms with E-state index in [0.717, 1.165) is 28.4 Å². The van der Waals surface area contributed by atoms with Crippen LogP contribution in [0.15, 0.2) is 34.9 Å². The van der Waals surface area contributed by atoms with Crippen molar-refractivity contribution in [3.8, 4) is 22.6 Å². The minimum atomic E-state index is 0.396. The summed E-state index contributed by atoms with van der Waals surface area (Å²) < 4.78 is 16.5. The zero-order valence-corrected chi connectivity index (χ0v) is 12.4. The number of methoxy groups -OCH3 is 2. The SMILES string of the molecule is COc1cccc(OC)c1-c1ccoc1CNC(C)C. The zero-order valence-electron chi connectivity index (χ0n) is 12.4.